The minimum absolute atomic E-state index is 0.0717. The van der Waals surface area contributed by atoms with Crippen molar-refractivity contribution >= 4 is 22.7 Å². The molecule has 1 aromatic heterocycles. The molecule has 0 radical (unpaired) electrons. The highest BCUT2D eigenvalue weighted by Gasteiger charge is 2.18. The fourth-order valence-electron chi connectivity index (χ4n) is 2.39. The Morgan fingerprint density at radius 2 is 1.96 bits per heavy atom. The second-order valence-corrected chi connectivity index (χ2v) is 6.69. The SMILES string of the molecule is CC(C)(C)NC(=O)CNC(=O)[C@@H](N)Cc1c[nH]c2ccccc12. The van der Waals surface area contributed by atoms with Crippen molar-refractivity contribution < 1.29 is 9.59 Å². The number of fused-ring (bicyclic) bond motifs is 1. The molecule has 5 N–H and O–H groups in total. The van der Waals surface area contributed by atoms with E-state index in [2.05, 4.69) is 15.6 Å². The number of para-hydroxylation sites is 1. The number of hydrogen-bond donors (Lipinski definition) is 4. The lowest BCUT2D eigenvalue weighted by Crippen LogP contribution is -2.49. The summed E-state index contributed by atoms with van der Waals surface area (Å²) in [5, 5.41) is 6.42. The van der Waals surface area contributed by atoms with E-state index >= 15 is 0 Å². The zero-order chi connectivity index (χ0) is 17.0. The van der Waals surface area contributed by atoms with Gasteiger partial charge < -0.3 is 21.4 Å². The van der Waals surface area contributed by atoms with E-state index in [0.717, 1.165) is 16.5 Å². The summed E-state index contributed by atoms with van der Waals surface area (Å²) in [4.78, 5) is 26.9. The third-order valence-electron chi connectivity index (χ3n) is 3.39. The maximum Gasteiger partial charge on any atom is 0.239 e. The van der Waals surface area contributed by atoms with Gasteiger partial charge in [0, 0.05) is 22.6 Å². The van der Waals surface area contributed by atoms with Crippen LogP contribution in [0.5, 0.6) is 0 Å². The van der Waals surface area contributed by atoms with Crippen LogP contribution in [-0.4, -0.2) is 34.9 Å². The van der Waals surface area contributed by atoms with Crippen molar-refractivity contribution in [1.29, 1.82) is 0 Å². The lowest BCUT2D eigenvalue weighted by molar-refractivity contribution is -0.127. The molecule has 1 atom stereocenters. The average molecular weight is 316 g/mol. The molecule has 0 spiro atoms. The third kappa shape index (κ3) is 4.82. The Kier molecular flexibility index (Phi) is 5.05. The molecule has 0 unspecified atom stereocenters. The first-order valence-corrected chi connectivity index (χ1v) is 7.65. The Balaban J connectivity index is 1.89. The third-order valence-corrected chi connectivity index (χ3v) is 3.39. The normalized spacial score (nSPS) is 12.9. The zero-order valence-electron chi connectivity index (χ0n) is 13.8. The van der Waals surface area contributed by atoms with Crippen molar-refractivity contribution in [1.82, 2.24) is 15.6 Å². The molecule has 6 heteroatoms. The van der Waals surface area contributed by atoms with Crippen LogP contribution < -0.4 is 16.4 Å². The topological polar surface area (TPSA) is 100 Å². The molecule has 124 valence electrons. The van der Waals surface area contributed by atoms with Gasteiger partial charge in [0.2, 0.25) is 11.8 Å². The maximum absolute atomic E-state index is 12.0. The van der Waals surface area contributed by atoms with Crippen LogP contribution in [0.25, 0.3) is 10.9 Å². The van der Waals surface area contributed by atoms with E-state index in [4.69, 9.17) is 5.73 Å². The number of nitrogens with one attached hydrogen (secondary N) is 3. The second kappa shape index (κ2) is 6.83. The van der Waals surface area contributed by atoms with Gasteiger partial charge >= 0.3 is 0 Å². The fraction of sp³-hybridized carbons (Fsp3) is 0.412. The van der Waals surface area contributed by atoms with Crippen LogP contribution in [0, 0.1) is 0 Å². The van der Waals surface area contributed by atoms with Gasteiger partial charge in [-0.3, -0.25) is 9.59 Å². The Bertz CT molecular complexity index is 700. The molecule has 0 bridgehead atoms. The molecule has 0 saturated heterocycles. The molecule has 23 heavy (non-hydrogen) atoms. The highest BCUT2D eigenvalue weighted by Crippen LogP contribution is 2.18. The summed E-state index contributed by atoms with van der Waals surface area (Å²) in [5.41, 5.74) is 7.63. The van der Waals surface area contributed by atoms with Crippen LogP contribution in [0.1, 0.15) is 26.3 Å². The van der Waals surface area contributed by atoms with Gasteiger partial charge in [0.15, 0.2) is 0 Å². The van der Waals surface area contributed by atoms with Crippen LogP contribution in [-0.2, 0) is 16.0 Å². The standard InChI is InChI=1S/C17H24N4O2/c1-17(2,3)21-15(22)10-20-16(23)13(18)8-11-9-19-14-7-5-4-6-12(11)14/h4-7,9,13,19H,8,10,18H2,1-3H3,(H,20,23)(H,21,22)/t13-/m0/s1. The van der Waals surface area contributed by atoms with E-state index in [-0.39, 0.29) is 23.9 Å². The van der Waals surface area contributed by atoms with Crippen molar-refractivity contribution in [2.24, 2.45) is 5.73 Å². The number of nitrogens with two attached hydrogens (primary N) is 1. The molecule has 2 rings (SSSR count). The van der Waals surface area contributed by atoms with Crippen molar-refractivity contribution in [3.63, 3.8) is 0 Å². The highest BCUT2D eigenvalue weighted by atomic mass is 16.2. The first kappa shape index (κ1) is 17.0. The van der Waals surface area contributed by atoms with E-state index in [9.17, 15) is 9.59 Å². The van der Waals surface area contributed by atoms with Gasteiger partial charge in [-0.15, -0.1) is 0 Å². The van der Waals surface area contributed by atoms with Crippen LogP contribution in [0.2, 0.25) is 0 Å². The summed E-state index contributed by atoms with van der Waals surface area (Å²) in [6.07, 6.45) is 2.28. The molecule has 0 aliphatic carbocycles. The molecule has 1 heterocycles. The predicted molar refractivity (Wildman–Crippen MR) is 90.9 cm³/mol. The quantitative estimate of drug-likeness (QED) is 0.664. The number of benzene rings is 1. The monoisotopic (exact) mass is 316 g/mol. The Hall–Kier alpha value is -2.34. The van der Waals surface area contributed by atoms with Gasteiger partial charge in [-0.05, 0) is 38.8 Å². The number of rotatable bonds is 5. The molecule has 2 aromatic rings. The lowest BCUT2D eigenvalue weighted by Gasteiger charge is -2.21. The maximum atomic E-state index is 12.0. The number of carbonyl (C=O) groups excluding carboxylic acids is 2. The number of H-pyrrole nitrogens is 1. The van der Waals surface area contributed by atoms with E-state index in [1.165, 1.54) is 0 Å². The molecule has 6 nitrogen and oxygen atoms in total. The van der Waals surface area contributed by atoms with Crippen molar-refractivity contribution in [3.05, 3.63) is 36.0 Å². The average Bonchev–Trinajstić information content (AvgIpc) is 2.86. The van der Waals surface area contributed by atoms with E-state index in [1.807, 2.05) is 51.2 Å². The van der Waals surface area contributed by atoms with Gasteiger partial charge in [-0.25, -0.2) is 0 Å². The number of aromatic amines is 1. The number of amides is 2. The van der Waals surface area contributed by atoms with Crippen LogP contribution >= 0.6 is 0 Å². The second-order valence-electron chi connectivity index (χ2n) is 6.69. The van der Waals surface area contributed by atoms with Gasteiger partial charge in [0.1, 0.15) is 0 Å². The Morgan fingerprint density at radius 3 is 2.65 bits per heavy atom. The van der Waals surface area contributed by atoms with Crippen molar-refractivity contribution in [3.8, 4) is 0 Å². The summed E-state index contributed by atoms with van der Waals surface area (Å²) >= 11 is 0. The molecule has 1 aromatic carbocycles. The van der Waals surface area contributed by atoms with E-state index in [0.29, 0.717) is 6.42 Å². The number of carbonyl (C=O) groups is 2. The van der Waals surface area contributed by atoms with E-state index < -0.39 is 6.04 Å². The smallest absolute Gasteiger partial charge is 0.239 e. The zero-order valence-corrected chi connectivity index (χ0v) is 13.8. The van der Waals surface area contributed by atoms with Gasteiger partial charge in [-0.2, -0.15) is 0 Å². The first-order chi connectivity index (χ1) is 10.8. The molecule has 0 aliphatic rings. The molecule has 0 fully saturated rings. The molecular weight excluding hydrogens is 292 g/mol. The van der Waals surface area contributed by atoms with Gasteiger partial charge in [0.25, 0.3) is 0 Å². The summed E-state index contributed by atoms with van der Waals surface area (Å²) in [5.74, 6) is -0.565. The van der Waals surface area contributed by atoms with Crippen LogP contribution in [0.3, 0.4) is 0 Å². The van der Waals surface area contributed by atoms with Gasteiger partial charge in [0.05, 0.1) is 12.6 Å². The molecule has 0 aliphatic heterocycles. The minimum atomic E-state index is -0.698. The Labute approximate surface area is 135 Å². The minimum Gasteiger partial charge on any atom is -0.361 e. The van der Waals surface area contributed by atoms with Gasteiger partial charge in [-0.1, -0.05) is 18.2 Å². The van der Waals surface area contributed by atoms with Crippen LogP contribution in [0.15, 0.2) is 30.5 Å². The molecular formula is C17H24N4O2. The summed E-state index contributed by atoms with van der Waals surface area (Å²) in [7, 11) is 0. The summed E-state index contributed by atoms with van der Waals surface area (Å²) < 4.78 is 0. The summed E-state index contributed by atoms with van der Waals surface area (Å²) in [6, 6.07) is 7.16. The van der Waals surface area contributed by atoms with Crippen LogP contribution in [0.4, 0.5) is 0 Å². The fourth-order valence-corrected chi connectivity index (χ4v) is 2.39. The largest absolute Gasteiger partial charge is 0.361 e. The summed E-state index contributed by atoms with van der Waals surface area (Å²) in [6.45, 7) is 5.58. The predicted octanol–water partition coefficient (Wildman–Crippen LogP) is 1.07. The lowest BCUT2D eigenvalue weighted by atomic mass is 10.1. The Morgan fingerprint density at radius 1 is 1.26 bits per heavy atom. The highest BCUT2D eigenvalue weighted by molar-refractivity contribution is 5.89. The number of hydrogen-bond acceptors (Lipinski definition) is 3. The van der Waals surface area contributed by atoms with E-state index in [1.54, 1.807) is 0 Å². The molecule has 2 amide bonds. The number of aromatic nitrogens is 1. The van der Waals surface area contributed by atoms with Crippen molar-refractivity contribution in [2.75, 3.05) is 6.54 Å². The molecule has 0 saturated carbocycles. The first-order valence-electron chi connectivity index (χ1n) is 7.65. The van der Waals surface area contributed by atoms with Crippen molar-refractivity contribution in [2.45, 2.75) is 38.8 Å².